The molecule has 2 aromatic heterocycles. The molecule has 8 nitrogen and oxygen atoms in total. The molecule has 0 unspecified atom stereocenters. The van der Waals surface area contributed by atoms with Crippen LogP contribution in [0.15, 0.2) is 24.5 Å². The monoisotopic (exact) mass is 277 g/mol. The lowest BCUT2D eigenvalue weighted by molar-refractivity contribution is 0.0690. The van der Waals surface area contributed by atoms with Crippen LogP contribution in [0, 0.1) is 0 Å². The molecule has 8 heteroatoms. The Balaban J connectivity index is 2.14. The van der Waals surface area contributed by atoms with Crippen molar-refractivity contribution in [3.05, 3.63) is 30.2 Å². The summed E-state index contributed by atoms with van der Waals surface area (Å²) < 4.78 is 6.65. The molecule has 0 saturated heterocycles. The number of pyridine rings is 1. The Hall–Kier alpha value is -2.61. The highest BCUT2D eigenvalue weighted by molar-refractivity contribution is 5.87. The number of rotatable bonds is 6. The largest absolute Gasteiger partial charge is 0.477 e. The highest BCUT2D eigenvalue weighted by atomic mass is 16.5. The standard InChI is InChI=1S/C12H15N5O3/c1-20-5-4-17-7-8(6-14-17)15-11-9(13)2-3-10(16-11)12(18)19/h2-3,6-7H,4-5,13H2,1H3,(H,15,16)(H,18,19). The van der Waals surface area contributed by atoms with E-state index in [4.69, 9.17) is 15.6 Å². The summed E-state index contributed by atoms with van der Waals surface area (Å²) in [7, 11) is 1.62. The van der Waals surface area contributed by atoms with E-state index in [0.29, 0.717) is 24.5 Å². The average Bonchev–Trinajstić information content (AvgIpc) is 2.86. The second kappa shape index (κ2) is 6.02. The van der Waals surface area contributed by atoms with Crippen molar-refractivity contribution >= 4 is 23.2 Å². The Morgan fingerprint density at radius 2 is 2.35 bits per heavy atom. The normalized spacial score (nSPS) is 10.4. The Kier molecular flexibility index (Phi) is 4.16. The van der Waals surface area contributed by atoms with Gasteiger partial charge in [-0.3, -0.25) is 4.68 Å². The topological polar surface area (TPSA) is 115 Å². The SMILES string of the molecule is COCCn1cc(Nc2nc(C(=O)O)ccc2N)cn1. The summed E-state index contributed by atoms with van der Waals surface area (Å²) in [5, 5.41) is 16.0. The molecule has 2 aromatic rings. The van der Waals surface area contributed by atoms with Gasteiger partial charge in [0.05, 0.1) is 30.7 Å². The third-order valence-electron chi connectivity index (χ3n) is 2.57. The van der Waals surface area contributed by atoms with Crippen LogP contribution < -0.4 is 11.1 Å². The van der Waals surface area contributed by atoms with Gasteiger partial charge in [0.2, 0.25) is 0 Å². The lowest BCUT2D eigenvalue weighted by Crippen LogP contribution is -2.06. The smallest absolute Gasteiger partial charge is 0.354 e. The van der Waals surface area contributed by atoms with Crippen LogP contribution in [0.1, 0.15) is 10.5 Å². The van der Waals surface area contributed by atoms with E-state index in [1.54, 1.807) is 24.2 Å². The molecule has 0 atom stereocenters. The highest BCUT2D eigenvalue weighted by Gasteiger charge is 2.09. The number of anilines is 3. The molecule has 106 valence electrons. The quantitative estimate of drug-likeness (QED) is 0.719. The van der Waals surface area contributed by atoms with E-state index in [-0.39, 0.29) is 11.5 Å². The molecule has 2 rings (SSSR count). The van der Waals surface area contributed by atoms with Crippen molar-refractivity contribution in [1.29, 1.82) is 0 Å². The molecule has 4 N–H and O–H groups in total. The summed E-state index contributed by atoms with van der Waals surface area (Å²) in [5.74, 6) is -0.819. The molecule has 0 aliphatic heterocycles. The van der Waals surface area contributed by atoms with Crippen molar-refractivity contribution in [1.82, 2.24) is 14.8 Å². The second-order valence-corrected chi connectivity index (χ2v) is 4.05. The second-order valence-electron chi connectivity index (χ2n) is 4.05. The Morgan fingerprint density at radius 3 is 3.05 bits per heavy atom. The zero-order chi connectivity index (χ0) is 14.5. The van der Waals surface area contributed by atoms with Gasteiger partial charge in [-0.1, -0.05) is 0 Å². The third kappa shape index (κ3) is 3.23. The number of hydrogen-bond acceptors (Lipinski definition) is 6. The average molecular weight is 277 g/mol. The molecule has 0 amide bonds. The zero-order valence-electron chi connectivity index (χ0n) is 10.9. The first kappa shape index (κ1) is 13.8. The van der Waals surface area contributed by atoms with Gasteiger partial charge >= 0.3 is 5.97 Å². The summed E-state index contributed by atoms with van der Waals surface area (Å²) in [6, 6.07) is 2.85. The van der Waals surface area contributed by atoms with E-state index in [0.717, 1.165) is 0 Å². The Labute approximate surface area is 115 Å². The molecule has 20 heavy (non-hydrogen) atoms. The molecular formula is C12H15N5O3. The number of methoxy groups -OCH3 is 1. The number of nitrogens with zero attached hydrogens (tertiary/aromatic N) is 3. The molecule has 0 bridgehead atoms. The van der Waals surface area contributed by atoms with E-state index in [1.165, 1.54) is 12.1 Å². The molecule has 0 aliphatic carbocycles. The molecule has 0 saturated carbocycles. The summed E-state index contributed by atoms with van der Waals surface area (Å²) in [5.41, 5.74) is 6.71. The van der Waals surface area contributed by atoms with E-state index >= 15 is 0 Å². The van der Waals surface area contributed by atoms with Crippen molar-refractivity contribution in [2.75, 3.05) is 24.8 Å². The maximum absolute atomic E-state index is 10.9. The number of hydrogen-bond donors (Lipinski definition) is 3. The molecule has 0 fully saturated rings. The van der Waals surface area contributed by atoms with Gasteiger partial charge in [-0.05, 0) is 12.1 Å². The third-order valence-corrected chi connectivity index (χ3v) is 2.57. The summed E-state index contributed by atoms with van der Waals surface area (Å²) in [4.78, 5) is 14.8. The minimum Gasteiger partial charge on any atom is -0.477 e. The number of nitrogens with one attached hydrogen (secondary N) is 1. The van der Waals surface area contributed by atoms with Crippen LogP contribution in [0.2, 0.25) is 0 Å². The first-order valence-corrected chi connectivity index (χ1v) is 5.88. The zero-order valence-corrected chi connectivity index (χ0v) is 10.9. The molecule has 2 heterocycles. The summed E-state index contributed by atoms with van der Waals surface area (Å²) >= 11 is 0. The molecular weight excluding hydrogens is 262 g/mol. The Morgan fingerprint density at radius 1 is 1.55 bits per heavy atom. The number of carboxylic acid groups (broad SMARTS) is 1. The van der Waals surface area contributed by atoms with Crippen LogP contribution in [0.5, 0.6) is 0 Å². The Bertz CT molecular complexity index is 611. The number of ether oxygens (including phenoxy) is 1. The maximum Gasteiger partial charge on any atom is 0.354 e. The van der Waals surface area contributed by atoms with Crippen LogP contribution in [0.3, 0.4) is 0 Å². The number of aromatic nitrogens is 3. The first-order valence-electron chi connectivity index (χ1n) is 5.88. The van der Waals surface area contributed by atoms with E-state index in [2.05, 4.69) is 15.4 Å². The fourth-order valence-electron chi connectivity index (χ4n) is 1.56. The van der Waals surface area contributed by atoms with Crippen LogP contribution in [-0.4, -0.2) is 39.6 Å². The van der Waals surface area contributed by atoms with Gasteiger partial charge in [0, 0.05) is 13.3 Å². The molecule has 0 aliphatic rings. The highest BCUT2D eigenvalue weighted by Crippen LogP contribution is 2.20. The lowest BCUT2D eigenvalue weighted by Gasteiger charge is -2.06. The maximum atomic E-state index is 10.9. The van der Waals surface area contributed by atoms with Gasteiger partial charge < -0.3 is 20.9 Å². The van der Waals surface area contributed by atoms with Crippen LogP contribution in [-0.2, 0) is 11.3 Å². The number of nitrogens with two attached hydrogens (primary N) is 1. The molecule has 0 spiro atoms. The van der Waals surface area contributed by atoms with Crippen molar-refractivity contribution in [2.45, 2.75) is 6.54 Å². The minimum absolute atomic E-state index is 0.0755. The lowest BCUT2D eigenvalue weighted by atomic mass is 10.3. The van der Waals surface area contributed by atoms with Gasteiger partial charge in [0.1, 0.15) is 0 Å². The number of carboxylic acids is 1. The van der Waals surface area contributed by atoms with Gasteiger partial charge in [0.25, 0.3) is 0 Å². The van der Waals surface area contributed by atoms with Crippen molar-refractivity contribution in [3.8, 4) is 0 Å². The predicted molar refractivity (Wildman–Crippen MR) is 73.0 cm³/mol. The minimum atomic E-state index is -1.11. The fraction of sp³-hybridized carbons (Fsp3) is 0.250. The van der Waals surface area contributed by atoms with Crippen molar-refractivity contribution < 1.29 is 14.6 Å². The van der Waals surface area contributed by atoms with Crippen LogP contribution in [0.4, 0.5) is 17.2 Å². The van der Waals surface area contributed by atoms with Crippen molar-refractivity contribution in [3.63, 3.8) is 0 Å². The number of aromatic carboxylic acids is 1. The van der Waals surface area contributed by atoms with E-state index < -0.39 is 5.97 Å². The van der Waals surface area contributed by atoms with Gasteiger partial charge in [-0.15, -0.1) is 0 Å². The summed E-state index contributed by atoms with van der Waals surface area (Å²) in [6.45, 7) is 1.17. The fourth-order valence-corrected chi connectivity index (χ4v) is 1.56. The van der Waals surface area contributed by atoms with Gasteiger partial charge in [-0.2, -0.15) is 5.10 Å². The van der Waals surface area contributed by atoms with Crippen molar-refractivity contribution in [2.24, 2.45) is 0 Å². The van der Waals surface area contributed by atoms with Gasteiger partial charge in [-0.25, -0.2) is 9.78 Å². The van der Waals surface area contributed by atoms with Crippen LogP contribution >= 0.6 is 0 Å². The predicted octanol–water partition coefficient (Wildman–Crippen LogP) is 0.948. The number of carbonyl (C=O) groups is 1. The summed E-state index contributed by atoms with van der Waals surface area (Å²) in [6.07, 6.45) is 3.36. The van der Waals surface area contributed by atoms with E-state index in [9.17, 15) is 4.79 Å². The first-order chi connectivity index (χ1) is 9.60. The number of nitrogen functional groups attached to an aromatic ring is 1. The molecule has 0 radical (unpaired) electrons. The van der Waals surface area contributed by atoms with E-state index in [1.807, 2.05) is 0 Å². The van der Waals surface area contributed by atoms with Crippen LogP contribution in [0.25, 0.3) is 0 Å². The molecule has 0 aromatic carbocycles. The van der Waals surface area contributed by atoms with Gasteiger partial charge in [0.15, 0.2) is 11.5 Å².